The highest BCUT2D eigenvalue weighted by Crippen LogP contribution is 2.22. The quantitative estimate of drug-likeness (QED) is 0.642. The molecule has 1 aromatic heterocycles. The number of pyridine rings is 1. The van der Waals surface area contributed by atoms with Crippen LogP contribution < -0.4 is 0 Å². The molecule has 0 saturated heterocycles. The third-order valence-electron chi connectivity index (χ3n) is 4.52. The number of hydrogen-bond donors (Lipinski definition) is 0. The fraction of sp³-hybridized carbons (Fsp3) is 0.550. The minimum absolute atomic E-state index is 0.217. The van der Waals surface area contributed by atoms with Crippen LogP contribution in [0.1, 0.15) is 45.6 Å². The summed E-state index contributed by atoms with van der Waals surface area (Å²) in [4.78, 5) is 6.81. The fourth-order valence-electron chi connectivity index (χ4n) is 3.24. The van der Waals surface area contributed by atoms with Crippen molar-refractivity contribution in [2.75, 3.05) is 19.6 Å². The summed E-state index contributed by atoms with van der Waals surface area (Å²) in [7, 11) is 0. The van der Waals surface area contributed by atoms with E-state index in [-0.39, 0.29) is 5.82 Å². The van der Waals surface area contributed by atoms with Gasteiger partial charge in [0, 0.05) is 17.6 Å². The molecule has 1 atom stereocenters. The van der Waals surface area contributed by atoms with Crippen LogP contribution >= 0.6 is 0 Å². The first-order valence-corrected chi connectivity index (χ1v) is 8.89. The van der Waals surface area contributed by atoms with E-state index in [1.54, 1.807) is 6.20 Å². The fourth-order valence-corrected chi connectivity index (χ4v) is 3.24. The Bertz CT molecular complexity index is 612. The van der Waals surface area contributed by atoms with E-state index in [2.05, 4.69) is 36.7 Å². The van der Waals surface area contributed by atoms with E-state index in [0.29, 0.717) is 5.92 Å². The van der Waals surface area contributed by atoms with Crippen molar-refractivity contribution in [3.8, 4) is 0 Å². The van der Waals surface area contributed by atoms with E-state index in [0.717, 1.165) is 23.9 Å². The van der Waals surface area contributed by atoms with Gasteiger partial charge in [-0.3, -0.25) is 4.98 Å². The average molecular weight is 315 g/mol. The molecule has 0 aliphatic heterocycles. The minimum atomic E-state index is -0.217. The smallest absolute Gasteiger partial charge is 0.125 e. The zero-order chi connectivity index (χ0) is 16.7. The van der Waals surface area contributed by atoms with Crippen molar-refractivity contribution in [2.45, 2.75) is 46.5 Å². The van der Waals surface area contributed by atoms with E-state index >= 15 is 0 Å². The summed E-state index contributed by atoms with van der Waals surface area (Å²) < 4.78 is 13.3. The van der Waals surface area contributed by atoms with Crippen molar-refractivity contribution in [2.24, 2.45) is 5.92 Å². The van der Waals surface area contributed by atoms with Gasteiger partial charge in [0.25, 0.3) is 0 Å². The molecule has 0 aliphatic rings. The summed E-state index contributed by atoms with van der Waals surface area (Å²) in [6, 6.07) is 6.99. The SMILES string of the molecule is CCCN(CC)CCCC(C)Cc1ccnc2cc([18F])ccc12. The minimum Gasteiger partial charge on any atom is -0.304 e. The molecule has 126 valence electrons. The Hall–Kier alpha value is -1.48. The molecule has 1 heterocycles. The third kappa shape index (κ3) is 5.28. The zero-order valence-corrected chi connectivity index (χ0v) is 14.7. The summed E-state index contributed by atoms with van der Waals surface area (Å²) in [6.45, 7) is 10.3. The highest BCUT2D eigenvalue weighted by Gasteiger charge is 2.09. The van der Waals surface area contributed by atoms with Gasteiger partial charge in [0.15, 0.2) is 0 Å². The van der Waals surface area contributed by atoms with Crippen LogP contribution in [0.3, 0.4) is 0 Å². The van der Waals surface area contributed by atoms with Crippen LogP contribution in [0.25, 0.3) is 10.9 Å². The van der Waals surface area contributed by atoms with Crippen LogP contribution in [0.4, 0.5) is 4.39 Å². The molecule has 1 aromatic carbocycles. The van der Waals surface area contributed by atoms with Crippen molar-refractivity contribution in [1.29, 1.82) is 0 Å². The van der Waals surface area contributed by atoms with Crippen molar-refractivity contribution < 1.29 is 4.39 Å². The molecular formula is C20H29FN2. The van der Waals surface area contributed by atoms with Gasteiger partial charge in [-0.25, -0.2) is 4.39 Å². The zero-order valence-electron chi connectivity index (χ0n) is 14.7. The predicted octanol–water partition coefficient (Wildman–Crippen LogP) is 5.06. The molecule has 0 bridgehead atoms. The van der Waals surface area contributed by atoms with Gasteiger partial charge in [0.1, 0.15) is 5.82 Å². The molecule has 0 N–H and O–H groups in total. The number of benzene rings is 1. The van der Waals surface area contributed by atoms with E-state index in [4.69, 9.17) is 0 Å². The number of nitrogens with zero attached hydrogens (tertiary/aromatic N) is 2. The second-order valence-electron chi connectivity index (χ2n) is 6.52. The van der Waals surface area contributed by atoms with Crippen LogP contribution in [-0.2, 0) is 6.42 Å². The van der Waals surface area contributed by atoms with Crippen molar-refractivity contribution in [3.05, 3.63) is 41.8 Å². The molecule has 0 radical (unpaired) electrons. The molecule has 23 heavy (non-hydrogen) atoms. The average Bonchev–Trinajstić information content (AvgIpc) is 2.54. The molecule has 2 nitrogen and oxygen atoms in total. The topological polar surface area (TPSA) is 16.1 Å². The van der Waals surface area contributed by atoms with Gasteiger partial charge in [0.2, 0.25) is 0 Å². The Morgan fingerprint density at radius 3 is 2.74 bits per heavy atom. The number of hydrogen-bond acceptors (Lipinski definition) is 2. The Morgan fingerprint density at radius 1 is 1.17 bits per heavy atom. The first-order valence-electron chi connectivity index (χ1n) is 8.89. The van der Waals surface area contributed by atoms with Crippen molar-refractivity contribution >= 4 is 10.9 Å². The maximum absolute atomic E-state index is 13.3. The first-order chi connectivity index (χ1) is 11.1. The van der Waals surface area contributed by atoms with E-state index in [1.165, 1.54) is 50.0 Å². The Balaban J connectivity index is 1.91. The first kappa shape index (κ1) is 17.9. The summed E-state index contributed by atoms with van der Waals surface area (Å²) in [5, 5.41) is 1.09. The largest absolute Gasteiger partial charge is 0.304 e. The Morgan fingerprint density at radius 2 is 2.00 bits per heavy atom. The molecule has 2 rings (SSSR count). The standard InChI is InChI=1S/C20H29FN2/c1-4-12-23(5-2)13-6-7-16(3)14-17-10-11-22-20-15-18(21)8-9-19(17)20/h8-11,15-16H,4-7,12-14H2,1-3H3/i21-1. The number of aromatic nitrogens is 1. The predicted molar refractivity (Wildman–Crippen MR) is 96.2 cm³/mol. The number of halogens is 1. The molecule has 1 unspecified atom stereocenters. The van der Waals surface area contributed by atoms with E-state index in [1.807, 2.05) is 6.07 Å². The van der Waals surface area contributed by atoms with Crippen LogP contribution in [0.2, 0.25) is 0 Å². The molecule has 0 aliphatic carbocycles. The summed E-state index contributed by atoms with van der Waals surface area (Å²) in [6.07, 6.45) is 6.52. The number of rotatable bonds is 9. The van der Waals surface area contributed by atoms with Gasteiger partial charge in [-0.2, -0.15) is 0 Å². The van der Waals surface area contributed by atoms with Gasteiger partial charge in [-0.1, -0.05) is 20.8 Å². The second-order valence-corrected chi connectivity index (χ2v) is 6.52. The summed E-state index contributed by atoms with van der Waals surface area (Å²) in [5.41, 5.74) is 2.04. The molecular weight excluding hydrogens is 286 g/mol. The summed E-state index contributed by atoms with van der Waals surface area (Å²) >= 11 is 0. The van der Waals surface area contributed by atoms with Crippen molar-refractivity contribution in [3.63, 3.8) is 0 Å². The number of fused-ring (bicyclic) bond motifs is 1. The van der Waals surface area contributed by atoms with Gasteiger partial charge >= 0.3 is 0 Å². The normalized spacial score (nSPS) is 12.9. The lowest BCUT2D eigenvalue weighted by Gasteiger charge is -2.20. The maximum atomic E-state index is 13.3. The third-order valence-corrected chi connectivity index (χ3v) is 4.52. The van der Waals surface area contributed by atoms with Crippen LogP contribution in [0.15, 0.2) is 30.5 Å². The monoisotopic (exact) mass is 315 g/mol. The Labute approximate surface area is 139 Å². The molecule has 0 amide bonds. The van der Waals surface area contributed by atoms with Crippen molar-refractivity contribution in [1.82, 2.24) is 9.88 Å². The lowest BCUT2D eigenvalue weighted by Crippen LogP contribution is -2.25. The van der Waals surface area contributed by atoms with Crippen LogP contribution in [0, 0.1) is 11.7 Å². The van der Waals surface area contributed by atoms with Crippen LogP contribution in [-0.4, -0.2) is 29.5 Å². The maximum Gasteiger partial charge on any atom is 0.125 e. The van der Waals surface area contributed by atoms with Crippen LogP contribution in [0.5, 0.6) is 0 Å². The summed E-state index contributed by atoms with van der Waals surface area (Å²) in [5.74, 6) is 0.414. The second kappa shape index (κ2) is 8.97. The molecule has 0 fully saturated rings. The lowest BCUT2D eigenvalue weighted by molar-refractivity contribution is 0.275. The van der Waals surface area contributed by atoms with E-state index in [9.17, 15) is 4.39 Å². The van der Waals surface area contributed by atoms with Gasteiger partial charge in [-0.15, -0.1) is 0 Å². The lowest BCUT2D eigenvalue weighted by atomic mass is 9.94. The molecule has 3 heteroatoms. The molecule has 0 spiro atoms. The Kier molecular flexibility index (Phi) is 6.97. The molecule has 2 aromatic rings. The highest BCUT2D eigenvalue weighted by molar-refractivity contribution is 5.81. The molecule has 0 saturated carbocycles. The van der Waals surface area contributed by atoms with Gasteiger partial charge in [0.05, 0.1) is 5.52 Å². The van der Waals surface area contributed by atoms with Gasteiger partial charge < -0.3 is 4.90 Å². The van der Waals surface area contributed by atoms with Gasteiger partial charge in [-0.05, 0) is 75.0 Å². The highest BCUT2D eigenvalue weighted by atomic mass is 18.2. The van der Waals surface area contributed by atoms with E-state index < -0.39 is 0 Å².